The summed E-state index contributed by atoms with van der Waals surface area (Å²) in [5.74, 6) is 0. The van der Waals surface area contributed by atoms with Crippen molar-refractivity contribution in [1.29, 1.82) is 0 Å². The van der Waals surface area contributed by atoms with Crippen LogP contribution in [0.5, 0.6) is 0 Å². The van der Waals surface area contributed by atoms with Gasteiger partial charge in [0.25, 0.3) is 0 Å². The maximum absolute atomic E-state index is 9.69. The zero-order valence-electron chi connectivity index (χ0n) is 9.11. The van der Waals surface area contributed by atoms with Crippen molar-refractivity contribution in [2.24, 2.45) is 0 Å². The van der Waals surface area contributed by atoms with Crippen molar-refractivity contribution >= 4 is 5.57 Å². The first-order valence-electron chi connectivity index (χ1n) is 5.56. The number of aliphatic hydroxyl groups excluding tert-OH is 1. The van der Waals surface area contributed by atoms with Crippen molar-refractivity contribution in [2.75, 3.05) is 0 Å². The highest BCUT2D eigenvalue weighted by Crippen LogP contribution is 2.25. The molecular weight excluding hydrogens is 186 g/mol. The van der Waals surface area contributed by atoms with E-state index in [0.717, 1.165) is 31.2 Å². The second-order valence-electron chi connectivity index (χ2n) is 4.26. The molecule has 1 aliphatic carbocycles. The summed E-state index contributed by atoms with van der Waals surface area (Å²) in [4.78, 5) is 4.19. The molecule has 0 amide bonds. The Labute approximate surface area is 90.7 Å². The molecule has 2 nitrogen and oxygen atoms in total. The van der Waals surface area contributed by atoms with Crippen molar-refractivity contribution in [1.82, 2.24) is 4.98 Å². The lowest BCUT2D eigenvalue weighted by molar-refractivity contribution is 0.211. The second-order valence-corrected chi connectivity index (χ2v) is 4.26. The van der Waals surface area contributed by atoms with Gasteiger partial charge >= 0.3 is 0 Å². The third-order valence-electron chi connectivity index (χ3n) is 2.84. The van der Waals surface area contributed by atoms with E-state index in [0.29, 0.717) is 0 Å². The van der Waals surface area contributed by atoms with Crippen molar-refractivity contribution in [3.63, 3.8) is 0 Å². The van der Waals surface area contributed by atoms with Gasteiger partial charge in [0.05, 0.1) is 6.10 Å². The molecule has 0 radical (unpaired) electrons. The van der Waals surface area contributed by atoms with E-state index in [1.165, 1.54) is 11.1 Å². The Morgan fingerprint density at radius 2 is 2.20 bits per heavy atom. The van der Waals surface area contributed by atoms with Crippen LogP contribution in [0, 0.1) is 6.92 Å². The van der Waals surface area contributed by atoms with Crippen LogP contribution >= 0.6 is 0 Å². The minimum atomic E-state index is -0.275. The molecule has 1 aromatic heterocycles. The van der Waals surface area contributed by atoms with Crippen LogP contribution in [0.25, 0.3) is 5.57 Å². The number of rotatable bonds is 1. The molecule has 15 heavy (non-hydrogen) atoms. The molecule has 0 fully saturated rings. The van der Waals surface area contributed by atoms with Gasteiger partial charge in [-0.2, -0.15) is 0 Å². The van der Waals surface area contributed by atoms with E-state index >= 15 is 0 Å². The molecule has 0 aliphatic heterocycles. The molecule has 0 bridgehead atoms. The minimum absolute atomic E-state index is 0.275. The molecule has 0 aromatic carbocycles. The number of allylic oxidation sites excluding steroid dienone is 1. The minimum Gasteiger partial charge on any atom is -0.389 e. The van der Waals surface area contributed by atoms with Crippen LogP contribution in [0.15, 0.2) is 24.5 Å². The molecule has 1 aromatic rings. The Balaban J connectivity index is 2.28. The number of nitrogens with zero attached hydrogens (tertiary/aromatic N) is 1. The number of hydrogen-bond acceptors (Lipinski definition) is 2. The summed E-state index contributed by atoms with van der Waals surface area (Å²) in [5, 5.41) is 9.69. The molecule has 0 spiro atoms. The molecule has 1 heterocycles. The molecule has 2 rings (SSSR count). The van der Waals surface area contributed by atoms with Crippen LogP contribution in [0.2, 0.25) is 0 Å². The van der Waals surface area contributed by atoms with Crippen molar-refractivity contribution in [2.45, 2.75) is 38.7 Å². The van der Waals surface area contributed by atoms with Gasteiger partial charge in [0.2, 0.25) is 0 Å². The fourth-order valence-electron chi connectivity index (χ4n) is 2.04. The van der Waals surface area contributed by atoms with Crippen LogP contribution in [-0.2, 0) is 0 Å². The summed E-state index contributed by atoms with van der Waals surface area (Å²) < 4.78 is 0. The average molecular weight is 203 g/mol. The van der Waals surface area contributed by atoms with Gasteiger partial charge in [-0.15, -0.1) is 0 Å². The molecule has 0 saturated carbocycles. The lowest BCUT2D eigenvalue weighted by atomic mass is 10.0. The fourth-order valence-corrected chi connectivity index (χ4v) is 2.04. The number of pyridine rings is 1. The number of hydrogen-bond donors (Lipinski definition) is 1. The van der Waals surface area contributed by atoms with Gasteiger partial charge in [0.15, 0.2) is 0 Å². The van der Waals surface area contributed by atoms with E-state index in [-0.39, 0.29) is 6.10 Å². The molecule has 1 unspecified atom stereocenters. The highest BCUT2D eigenvalue weighted by Gasteiger charge is 2.10. The average Bonchev–Trinajstić information content (AvgIpc) is 2.43. The van der Waals surface area contributed by atoms with E-state index in [2.05, 4.69) is 11.1 Å². The van der Waals surface area contributed by atoms with Crippen LogP contribution < -0.4 is 0 Å². The van der Waals surface area contributed by atoms with Crippen molar-refractivity contribution in [3.8, 4) is 0 Å². The largest absolute Gasteiger partial charge is 0.389 e. The zero-order chi connectivity index (χ0) is 10.7. The lowest BCUT2D eigenvalue weighted by Crippen LogP contribution is -2.00. The Morgan fingerprint density at radius 3 is 3.00 bits per heavy atom. The number of aliphatic hydroxyl groups is 1. The monoisotopic (exact) mass is 203 g/mol. The van der Waals surface area contributed by atoms with E-state index < -0.39 is 0 Å². The van der Waals surface area contributed by atoms with Gasteiger partial charge in [0, 0.05) is 12.4 Å². The third-order valence-corrected chi connectivity index (χ3v) is 2.84. The summed E-state index contributed by atoms with van der Waals surface area (Å²) in [7, 11) is 0. The normalized spacial score (nSPS) is 22.0. The van der Waals surface area contributed by atoms with Crippen LogP contribution in [-0.4, -0.2) is 16.2 Å². The molecule has 0 saturated heterocycles. The molecular formula is C13H17NO. The van der Waals surface area contributed by atoms with Gasteiger partial charge in [0.1, 0.15) is 0 Å². The van der Waals surface area contributed by atoms with Crippen molar-refractivity contribution in [3.05, 3.63) is 35.7 Å². The Morgan fingerprint density at radius 1 is 1.33 bits per heavy atom. The summed E-state index contributed by atoms with van der Waals surface area (Å²) in [6, 6.07) is 2.14. The SMILES string of the molecule is Cc1cncc(C2=CC(O)CCCC2)c1. The third kappa shape index (κ3) is 2.66. The van der Waals surface area contributed by atoms with E-state index in [1.807, 2.05) is 25.4 Å². The first-order chi connectivity index (χ1) is 7.25. The lowest BCUT2D eigenvalue weighted by Gasteiger charge is -2.06. The van der Waals surface area contributed by atoms with Crippen LogP contribution in [0.3, 0.4) is 0 Å². The Bertz CT molecular complexity index is 371. The fraction of sp³-hybridized carbons (Fsp3) is 0.462. The van der Waals surface area contributed by atoms with Crippen LogP contribution in [0.4, 0.5) is 0 Å². The predicted octanol–water partition coefficient (Wildman–Crippen LogP) is 2.71. The zero-order valence-corrected chi connectivity index (χ0v) is 9.11. The van der Waals surface area contributed by atoms with E-state index in [4.69, 9.17) is 0 Å². The number of aromatic nitrogens is 1. The molecule has 1 N–H and O–H groups in total. The second kappa shape index (κ2) is 4.58. The van der Waals surface area contributed by atoms with Gasteiger partial charge in [-0.3, -0.25) is 4.98 Å². The molecule has 1 atom stereocenters. The van der Waals surface area contributed by atoms with Gasteiger partial charge in [-0.25, -0.2) is 0 Å². The highest BCUT2D eigenvalue weighted by atomic mass is 16.3. The first kappa shape index (κ1) is 10.4. The Kier molecular flexibility index (Phi) is 3.17. The maximum atomic E-state index is 9.69. The van der Waals surface area contributed by atoms with E-state index in [1.54, 1.807) is 0 Å². The summed E-state index contributed by atoms with van der Waals surface area (Å²) >= 11 is 0. The predicted molar refractivity (Wildman–Crippen MR) is 61.4 cm³/mol. The smallest absolute Gasteiger partial charge is 0.0726 e. The molecule has 80 valence electrons. The molecule has 1 aliphatic rings. The van der Waals surface area contributed by atoms with Crippen molar-refractivity contribution < 1.29 is 5.11 Å². The summed E-state index contributed by atoms with van der Waals surface area (Å²) in [5.41, 5.74) is 3.58. The highest BCUT2D eigenvalue weighted by molar-refractivity contribution is 5.66. The van der Waals surface area contributed by atoms with E-state index in [9.17, 15) is 5.11 Å². The van der Waals surface area contributed by atoms with Crippen LogP contribution in [0.1, 0.15) is 36.8 Å². The summed E-state index contributed by atoms with van der Waals surface area (Å²) in [6.45, 7) is 2.05. The topological polar surface area (TPSA) is 33.1 Å². The maximum Gasteiger partial charge on any atom is 0.0726 e. The standard InChI is InChI=1S/C13H17NO/c1-10-6-12(9-14-8-10)11-4-2-3-5-13(15)7-11/h6-9,13,15H,2-5H2,1H3. The van der Waals surface area contributed by atoms with Gasteiger partial charge < -0.3 is 5.11 Å². The first-order valence-corrected chi connectivity index (χ1v) is 5.56. The quantitative estimate of drug-likeness (QED) is 0.761. The van der Waals surface area contributed by atoms with Gasteiger partial charge in [-0.05, 0) is 49.0 Å². The Hall–Kier alpha value is -1.15. The van der Waals surface area contributed by atoms with Gasteiger partial charge in [-0.1, -0.05) is 12.5 Å². The summed E-state index contributed by atoms with van der Waals surface area (Å²) in [6.07, 6.45) is 9.68. The molecule has 2 heteroatoms. The number of aryl methyl sites for hydroxylation is 1.